The molecule has 0 aliphatic carbocycles. The van der Waals surface area contributed by atoms with Gasteiger partial charge in [-0.15, -0.1) is 11.8 Å². The SMILES string of the molecule is CC1=C(CCCCCN2CCN(C(=O)CSc3ccccc3)CC2)C(=O)N(c2ccc(C#N)c(C(F)(F)F)c2)C1=O. The Bertz CT molecular complexity index is 1360. The van der Waals surface area contributed by atoms with Crippen molar-refractivity contribution in [3.8, 4) is 6.07 Å². The van der Waals surface area contributed by atoms with Crippen LogP contribution in [0.15, 0.2) is 64.6 Å². The largest absolute Gasteiger partial charge is 0.417 e. The van der Waals surface area contributed by atoms with Crippen LogP contribution in [-0.4, -0.2) is 66.0 Å². The summed E-state index contributed by atoms with van der Waals surface area (Å²) in [6.07, 6.45) is -2.06. The van der Waals surface area contributed by atoms with Gasteiger partial charge in [0.2, 0.25) is 5.91 Å². The first-order chi connectivity index (χ1) is 19.6. The van der Waals surface area contributed by atoms with E-state index in [-0.39, 0.29) is 17.2 Å². The Balaban J connectivity index is 1.20. The highest BCUT2D eigenvalue weighted by Crippen LogP contribution is 2.37. The fourth-order valence-corrected chi connectivity index (χ4v) is 5.83. The highest BCUT2D eigenvalue weighted by molar-refractivity contribution is 8.00. The van der Waals surface area contributed by atoms with Crippen molar-refractivity contribution in [3.05, 3.63) is 70.8 Å². The first kappa shape index (κ1) is 30.3. The van der Waals surface area contributed by atoms with Crippen molar-refractivity contribution in [1.29, 1.82) is 5.26 Å². The predicted molar refractivity (Wildman–Crippen MR) is 150 cm³/mol. The van der Waals surface area contributed by atoms with Gasteiger partial charge in [0.05, 0.1) is 28.6 Å². The summed E-state index contributed by atoms with van der Waals surface area (Å²) in [6, 6.07) is 14.2. The van der Waals surface area contributed by atoms with Crippen molar-refractivity contribution in [1.82, 2.24) is 9.80 Å². The highest BCUT2D eigenvalue weighted by atomic mass is 32.2. The zero-order chi connectivity index (χ0) is 29.6. The van der Waals surface area contributed by atoms with Crippen LogP contribution in [0.2, 0.25) is 0 Å². The van der Waals surface area contributed by atoms with Gasteiger partial charge in [-0.25, -0.2) is 4.90 Å². The third kappa shape index (κ3) is 7.37. The molecule has 216 valence electrons. The molecule has 3 amide bonds. The molecular formula is C30H31F3N4O3S. The summed E-state index contributed by atoms with van der Waals surface area (Å²) in [5, 5.41) is 9.01. The molecule has 0 radical (unpaired) electrons. The number of imide groups is 1. The number of halogens is 3. The maximum atomic E-state index is 13.4. The third-order valence-corrected chi connectivity index (χ3v) is 8.35. The van der Waals surface area contributed by atoms with Gasteiger partial charge in [0, 0.05) is 42.2 Å². The zero-order valence-electron chi connectivity index (χ0n) is 22.7. The average Bonchev–Trinajstić information content (AvgIpc) is 3.18. The van der Waals surface area contributed by atoms with E-state index < -0.39 is 29.1 Å². The molecule has 0 atom stereocenters. The van der Waals surface area contributed by atoms with Crippen LogP contribution in [0.25, 0.3) is 0 Å². The van der Waals surface area contributed by atoms with Gasteiger partial charge in [-0.1, -0.05) is 24.6 Å². The van der Waals surface area contributed by atoms with E-state index in [0.717, 1.165) is 48.3 Å². The number of amides is 3. The minimum Gasteiger partial charge on any atom is -0.339 e. The summed E-state index contributed by atoms with van der Waals surface area (Å²) in [5.74, 6) is -0.691. The summed E-state index contributed by atoms with van der Waals surface area (Å²) in [5.41, 5.74) is -1.40. The number of piperazine rings is 1. The molecule has 0 saturated carbocycles. The van der Waals surface area contributed by atoms with Gasteiger partial charge in [-0.05, 0) is 63.1 Å². The number of nitrogens with zero attached hydrogens (tertiary/aromatic N) is 4. The van der Waals surface area contributed by atoms with Gasteiger partial charge < -0.3 is 4.90 Å². The molecule has 0 aromatic heterocycles. The first-order valence-electron chi connectivity index (χ1n) is 13.5. The number of unbranched alkanes of at least 4 members (excludes halogenated alkanes) is 2. The normalized spacial score (nSPS) is 16.5. The van der Waals surface area contributed by atoms with E-state index in [2.05, 4.69) is 4.90 Å². The van der Waals surface area contributed by atoms with Crippen molar-refractivity contribution in [3.63, 3.8) is 0 Å². The molecule has 2 aliphatic heterocycles. The number of alkyl halides is 3. The average molecular weight is 585 g/mol. The minimum atomic E-state index is -4.79. The number of carbonyl (C=O) groups is 3. The third-order valence-electron chi connectivity index (χ3n) is 7.36. The Morgan fingerprint density at radius 2 is 1.68 bits per heavy atom. The first-order valence-corrected chi connectivity index (χ1v) is 14.5. The maximum absolute atomic E-state index is 13.4. The molecule has 7 nitrogen and oxygen atoms in total. The fourth-order valence-electron chi connectivity index (χ4n) is 5.00. The van der Waals surface area contributed by atoms with Crippen LogP contribution in [0.5, 0.6) is 0 Å². The smallest absolute Gasteiger partial charge is 0.339 e. The molecule has 11 heteroatoms. The van der Waals surface area contributed by atoms with Crippen LogP contribution < -0.4 is 4.90 Å². The molecule has 0 N–H and O–H groups in total. The van der Waals surface area contributed by atoms with E-state index in [0.29, 0.717) is 43.3 Å². The minimum absolute atomic E-state index is 0.141. The van der Waals surface area contributed by atoms with Gasteiger partial charge in [0.25, 0.3) is 11.8 Å². The van der Waals surface area contributed by atoms with Gasteiger partial charge in [0.15, 0.2) is 0 Å². The lowest BCUT2D eigenvalue weighted by Crippen LogP contribution is -2.49. The second-order valence-electron chi connectivity index (χ2n) is 10.0. The second-order valence-corrected chi connectivity index (χ2v) is 11.1. The van der Waals surface area contributed by atoms with Gasteiger partial charge in [-0.3, -0.25) is 19.3 Å². The molecule has 2 heterocycles. The summed E-state index contributed by atoms with van der Waals surface area (Å²) < 4.78 is 40.2. The summed E-state index contributed by atoms with van der Waals surface area (Å²) in [7, 11) is 0. The zero-order valence-corrected chi connectivity index (χ0v) is 23.6. The standard InChI is InChI=1S/C30H31F3N4O3S/c1-21-25(29(40)37(28(21)39)23-12-11-22(19-34)26(18-23)30(31,32)33)10-6-3-7-13-35-14-16-36(17-15-35)27(38)20-41-24-8-4-2-5-9-24/h2,4-5,8-9,11-12,18H,3,6-7,10,13-17,20H2,1H3. The molecule has 0 bridgehead atoms. The molecule has 1 saturated heterocycles. The lowest BCUT2D eigenvalue weighted by Gasteiger charge is -2.34. The molecule has 2 aromatic rings. The van der Waals surface area contributed by atoms with Crippen molar-refractivity contribution in [2.75, 3.05) is 43.4 Å². The predicted octanol–water partition coefficient (Wildman–Crippen LogP) is 5.26. The number of hydrogen-bond acceptors (Lipinski definition) is 6. The summed E-state index contributed by atoms with van der Waals surface area (Å²) in [6.45, 7) is 5.37. The van der Waals surface area contributed by atoms with E-state index in [9.17, 15) is 27.6 Å². The van der Waals surface area contributed by atoms with Crippen molar-refractivity contribution in [2.24, 2.45) is 0 Å². The number of benzene rings is 2. The molecular weight excluding hydrogens is 553 g/mol. The van der Waals surface area contributed by atoms with Crippen LogP contribution >= 0.6 is 11.8 Å². The fraction of sp³-hybridized carbons (Fsp3) is 0.400. The highest BCUT2D eigenvalue weighted by Gasteiger charge is 2.39. The lowest BCUT2D eigenvalue weighted by molar-refractivity contribution is -0.138. The van der Waals surface area contributed by atoms with Crippen LogP contribution in [0, 0.1) is 11.3 Å². The van der Waals surface area contributed by atoms with Crippen molar-refractivity contribution < 1.29 is 27.6 Å². The monoisotopic (exact) mass is 584 g/mol. The van der Waals surface area contributed by atoms with Gasteiger partial charge in [0.1, 0.15) is 0 Å². The number of nitriles is 1. The Kier molecular flexibility index (Phi) is 9.89. The number of anilines is 1. The van der Waals surface area contributed by atoms with Crippen molar-refractivity contribution >= 4 is 35.2 Å². The summed E-state index contributed by atoms with van der Waals surface area (Å²) in [4.78, 5) is 44.4. The molecule has 0 spiro atoms. The lowest BCUT2D eigenvalue weighted by atomic mass is 10.0. The quantitative estimate of drug-likeness (QED) is 0.215. The molecule has 0 unspecified atom stereocenters. The number of hydrogen-bond donors (Lipinski definition) is 0. The van der Waals surface area contributed by atoms with E-state index in [1.165, 1.54) is 19.1 Å². The molecule has 1 fully saturated rings. The summed E-state index contributed by atoms with van der Waals surface area (Å²) >= 11 is 1.54. The van der Waals surface area contributed by atoms with Crippen LogP contribution in [0.4, 0.5) is 18.9 Å². The number of carbonyl (C=O) groups excluding carboxylic acids is 3. The van der Waals surface area contributed by atoms with Crippen LogP contribution in [0.3, 0.4) is 0 Å². The second kappa shape index (κ2) is 13.4. The van der Waals surface area contributed by atoms with Crippen molar-refractivity contribution in [2.45, 2.75) is 43.7 Å². The van der Waals surface area contributed by atoms with Crippen LogP contribution in [-0.2, 0) is 20.6 Å². The Morgan fingerprint density at radius 1 is 0.976 bits per heavy atom. The molecule has 2 aliphatic rings. The van der Waals surface area contributed by atoms with Crippen LogP contribution in [0.1, 0.15) is 43.7 Å². The van der Waals surface area contributed by atoms with E-state index in [4.69, 9.17) is 5.26 Å². The van der Waals surface area contributed by atoms with E-state index in [1.54, 1.807) is 11.8 Å². The number of thioether (sulfide) groups is 1. The maximum Gasteiger partial charge on any atom is 0.417 e. The molecule has 4 rings (SSSR count). The van der Waals surface area contributed by atoms with E-state index in [1.807, 2.05) is 35.2 Å². The van der Waals surface area contributed by atoms with Gasteiger partial charge in [-0.2, -0.15) is 18.4 Å². The Labute approximate surface area is 241 Å². The Morgan fingerprint density at radius 3 is 2.34 bits per heavy atom. The Hall–Kier alpha value is -3.62. The topological polar surface area (TPSA) is 84.7 Å². The van der Waals surface area contributed by atoms with Gasteiger partial charge >= 0.3 is 6.18 Å². The van der Waals surface area contributed by atoms with E-state index >= 15 is 0 Å². The number of rotatable bonds is 10. The molecule has 2 aromatic carbocycles. The molecule has 41 heavy (non-hydrogen) atoms.